The number of aliphatic carboxylic acids is 2. The highest BCUT2D eigenvalue weighted by Crippen LogP contribution is 2.34. The Morgan fingerprint density at radius 2 is 0.900 bits per heavy atom. The molecule has 8 nitrogen and oxygen atoms in total. The first kappa shape index (κ1) is 18.8. The van der Waals surface area contributed by atoms with E-state index in [0.717, 1.165) is 0 Å². The van der Waals surface area contributed by atoms with Crippen molar-refractivity contribution in [3.8, 4) is 0 Å². The Morgan fingerprint density at radius 1 is 0.700 bits per heavy atom. The molecule has 0 saturated carbocycles. The molecule has 118 valence electrons. The first-order valence-electron chi connectivity index (χ1n) is 6.41. The van der Waals surface area contributed by atoms with E-state index in [4.69, 9.17) is 18.9 Å². The topological polar surface area (TPSA) is 112 Å². The molecule has 0 aliphatic heterocycles. The molecule has 0 unspecified atom stereocenters. The van der Waals surface area contributed by atoms with Crippen LogP contribution in [0.15, 0.2) is 0 Å². The Morgan fingerprint density at radius 3 is 1.00 bits per heavy atom. The van der Waals surface area contributed by atoms with Crippen LogP contribution < -0.4 is 0 Å². The maximum atomic E-state index is 11.6. The smallest absolute Gasteiger partial charge is 0.371 e. The fourth-order valence-electron chi connectivity index (χ4n) is 1.80. The number of rotatable bonds is 11. The lowest BCUT2D eigenvalue weighted by Crippen LogP contribution is -2.69. The van der Waals surface area contributed by atoms with Crippen LogP contribution in [0.1, 0.15) is 27.7 Å². The van der Waals surface area contributed by atoms with Gasteiger partial charge in [-0.15, -0.1) is 0 Å². The van der Waals surface area contributed by atoms with Crippen molar-refractivity contribution in [2.45, 2.75) is 39.3 Å². The second kappa shape index (κ2) is 8.15. The molecule has 8 heteroatoms. The quantitative estimate of drug-likeness (QED) is 0.535. The van der Waals surface area contributed by atoms with Gasteiger partial charge in [0.25, 0.3) is 0 Å². The molecule has 0 aliphatic carbocycles. The van der Waals surface area contributed by atoms with E-state index in [1.807, 2.05) is 0 Å². The largest absolute Gasteiger partial charge is 0.477 e. The molecule has 0 bridgehead atoms. The number of hydrogen-bond acceptors (Lipinski definition) is 6. The highest BCUT2D eigenvalue weighted by molar-refractivity contribution is 5.88. The van der Waals surface area contributed by atoms with E-state index < -0.39 is 23.5 Å². The molecule has 0 spiro atoms. The third-order valence-electron chi connectivity index (χ3n) is 2.39. The summed E-state index contributed by atoms with van der Waals surface area (Å²) < 4.78 is 20.4. The third-order valence-corrected chi connectivity index (χ3v) is 2.39. The van der Waals surface area contributed by atoms with Crippen LogP contribution in [0.25, 0.3) is 0 Å². The summed E-state index contributed by atoms with van der Waals surface area (Å²) in [6.07, 6.45) is 0. The lowest BCUT2D eigenvalue weighted by molar-refractivity contribution is -0.381. The first-order valence-corrected chi connectivity index (χ1v) is 6.41. The molecule has 0 heterocycles. The van der Waals surface area contributed by atoms with Crippen LogP contribution in [0, 0.1) is 0 Å². The molecule has 0 atom stereocenters. The van der Waals surface area contributed by atoms with Crippen molar-refractivity contribution in [2.75, 3.05) is 26.4 Å². The summed E-state index contributed by atoms with van der Waals surface area (Å²) in [4.78, 5) is 23.3. The van der Waals surface area contributed by atoms with Crippen LogP contribution in [-0.2, 0) is 28.5 Å². The zero-order valence-corrected chi connectivity index (χ0v) is 12.2. The van der Waals surface area contributed by atoms with E-state index in [1.165, 1.54) is 27.7 Å². The molecule has 0 amide bonds. The highest BCUT2D eigenvalue weighted by Gasteiger charge is 2.68. The van der Waals surface area contributed by atoms with Crippen molar-refractivity contribution in [3.05, 3.63) is 0 Å². The van der Waals surface area contributed by atoms with Gasteiger partial charge in [0.05, 0.1) is 0 Å². The number of carbonyl (C=O) groups is 2. The highest BCUT2D eigenvalue weighted by atomic mass is 16.8. The molecule has 0 aromatic carbocycles. The third kappa shape index (κ3) is 3.26. The minimum atomic E-state index is -2.59. The van der Waals surface area contributed by atoms with Gasteiger partial charge in [0.15, 0.2) is 0 Å². The van der Waals surface area contributed by atoms with Crippen LogP contribution in [0.3, 0.4) is 0 Å². The lowest BCUT2D eigenvalue weighted by atomic mass is 10.0. The van der Waals surface area contributed by atoms with Crippen molar-refractivity contribution in [1.82, 2.24) is 0 Å². The molecule has 0 radical (unpaired) electrons. The van der Waals surface area contributed by atoms with Gasteiger partial charge in [0, 0.05) is 26.4 Å². The average molecular weight is 294 g/mol. The Bertz CT molecular complexity index is 283. The summed E-state index contributed by atoms with van der Waals surface area (Å²) in [5.41, 5.74) is 0. The molecular formula is C12H22O8. The van der Waals surface area contributed by atoms with Crippen LogP contribution in [0.5, 0.6) is 0 Å². The second-order valence-corrected chi connectivity index (χ2v) is 3.58. The molecule has 0 aliphatic rings. The first-order chi connectivity index (χ1) is 9.38. The molecule has 0 aromatic rings. The number of ether oxygens (including phenoxy) is 4. The normalized spacial score (nSPS) is 12.4. The van der Waals surface area contributed by atoms with E-state index in [0.29, 0.717) is 0 Å². The van der Waals surface area contributed by atoms with Crippen molar-refractivity contribution in [3.63, 3.8) is 0 Å². The van der Waals surface area contributed by atoms with Crippen molar-refractivity contribution < 1.29 is 38.7 Å². The maximum absolute atomic E-state index is 11.6. The summed E-state index contributed by atoms with van der Waals surface area (Å²) >= 11 is 0. The van der Waals surface area contributed by atoms with Gasteiger partial charge in [-0.1, -0.05) is 0 Å². The Kier molecular flexibility index (Phi) is 7.66. The molecule has 0 fully saturated rings. The van der Waals surface area contributed by atoms with Crippen LogP contribution >= 0.6 is 0 Å². The predicted octanol–water partition coefficient (Wildman–Crippen LogP) is 0.694. The fourth-order valence-corrected chi connectivity index (χ4v) is 1.80. The van der Waals surface area contributed by atoms with E-state index >= 15 is 0 Å². The van der Waals surface area contributed by atoms with Gasteiger partial charge >= 0.3 is 23.5 Å². The summed E-state index contributed by atoms with van der Waals surface area (Å²) in [6.45, 7) is 5.68. The maximum Gasteiger partial charge on any atom is 0.371 e. The van der Waals surface area contributed by atoms with Crippen molar-refractivity contribution >= 4 is 11.9 Å². The van der Waals surface area contributed by atoms with Gasteiger partial charge in [-0.25, -0.2) is 9.59 Å². The van der Waals surface area contributed by atoms with E-state index in [-0.39, 0.29) is 26.4 Å². The number of hydrogen-bond donors (Lipinski definition) is 2. The van der Waals surface area contributed by atoms with E-state index in [1.54, 1.807) is 0 Å². The van der Waals surface area contributed by atoms with Gasteiger partial charge in [-0.05, 0) is 27.7 Å². The van der Waals surface area contributed by atoms with E-state index in [9.17, 15) is 19.8 Å². The minimum Gasteiger partial charge on any atom is -0.477 e. The number of carboxylic acids is 2. The van der Waals surface area contributed by atoms with Crippen LogP contribution in [-0.4, -0.2) is 60.2 Å². The Hall–Kier alpha value is -1.22. The average Bonchev–Trinajstić information content (AvgIpc) is 2.37. The van der Waals surface area contributed by atoms with Gasteiger partial charge in [0.2, 0.25) is 0 Å². The molecule has 20 heavy (non-hydrogen) atoms. The molecular weight excluding hydrogens is 272 g/mol. The summed E-state index contributed by atoms with van der Waals surface area (Å²) in [5.74, 6) is -8.45. The van der Waals surface area contributed by atoms with Gasteiger partial charge in [0.1, 0.15) is 0 Å². The van der Waals surface area contributed by atoms with Crippen LogP contribution in [0.2, 0.25) is 0 Å². The SMILES string of the molecule is CCOC(OCC)(C(=O)O)C(OCC)(OCC)C(=O)O. The lowest BCUT2D eigenvalue weighted by Gasteiger charge is -2.41. The standard InChI is InChI=1S/C12H22O8/c1-5-17-11(9(13)14,18-6-2)12(10(15)16,19-7-3)20-8-4/h5-8H2,1-4H3,(H,13,14)(H,15,16). The molecule has 0 rings (SSSR count). The predicted molar refractivity (Wildman–Crippen MR) is 67.2 cm³/mol. The Labute approximate surface area is 117 Å². The summed E-state index contributed by atoms with van der Waals surface area (Å²) in [5, 5.41) is 18.9. The van der Waals surface area contributed by atoms with Crippen molar-refractivity contribution in [1.29, 1.82) is 0 Å². The summed E-state index contributed by atoms with van der Waals surface area (Å²) in [6, 6.07) is 0. The zero-order chi connectivity index (χ0) is 15.8. The van der Waals surface area contributed by atoms with Gasteiger partial charge in [-0.2, -0.15) is 0 Å². The van der Waals surface area contributed by atoms with Crippen LogP contribution in [0.4, 0.5) is 0 Å². The van der Waals surface area contributed by atoms with Gasteiger partial charge in [-0.3, -0.25) is 0 Å². The fraction of sp³-hybridized carbons (Fsp3) is 0.833. The summed E-state index contributed by atoms with van der Waals surface area (Å²) in [7, 11) is 0. The molecule has 0 saturated heterocycles. The zero-order valence-electron chi connectivity index (χ0n) is 12.2. The van der Waals surface area contributed by atoms with Gasteiger partial charge < -0.3 is 29.2 Å². The molecule has 2 N–H and O–H groups in total. The molecule has 0 aromatic heterocycles. The second-order valence-electron chi connectivity index (χ2n) is 3.58. The Balaban J connectivity index is 6.06. The van der Waals surface area contributed by atoms with E-state index in [2.05, 4.69) is 0 Å². The van der Waals surface area contributed by atoms with Crippen molar-refractivity contribution in [2.24, 2.45) is 0 Å². The minimum absolute atomic E-state index is 0.0958. The monoisotopic (exact) mass is 294 g/mol. The number of carboxylic acid groups (broad SMARTS) is 2.